The number of hydrogen-bond acceptors (Lipinski definition) is 3. The van der Waals surface area contributed by atoms with Crippen LogP contribution in [0.15, 0.2) is 12.2 Å². The van der Waals surface area contributed by atoms with Crippen LogP contribution in [0.5, 0.6) is 0 Å². The number of aliphatic carboxylic acids is 1. The average Bonchev–Trinajstić information content (AvgIpc) is 2.98. The van der Waals surface area contributed by atoms with Crippen LogP contribution < -0.4 is 0 Å². The highest BCUT2D eigenvalue weighted by atomic mass is 16.5. The van der Waals surface area contributed by atoms with Gasteiger partial charge in [-0.15, -0.1) is 0 Å². The van der Waals surface area contributed by atoms with Crippen molar-refractivity contribution in [3.8, 4) is 0 Å². The molecule has 0 aromatic rings. The summed E-state index contributed by atoms with van der Waals surface area (Å²) >= 11 is 0. The lowest BCUT2D eigenvalue weighted by atomic mass is 10.0. The second-order valence-electron chi connectivity index (χ2n) is 13.1. The van der Waals surface area contributed by atoms with Gasteiger partial charge in [0, 0.05) is 12.8 Å². The van der Waals surface area contributed by atoms with Gasteiger partial charge in [-0.25, -0.2) is 0 Å². The van der Waals surface area contributed by atoms with Crippen molar-refractivity contribution >= 4 is 11.9 Å². The number of allylic oxidation sites excluding steroid dienone is 2. The first-order valence-corrected chi connectivity index (χ1v) is 19.2. The van der Waals surface area contributed by atoms with Crippen LogP contribution in [0.25, 0.3) is 0 Å². The SMILES string of the molecule is CCCCCC/C=C\CCCCCCCCC(=O)OC(CCC)CCCCCCCCCCCCCCCCCC(=O)O. The van der Waals surface area contributed by atoms with Gasteiger partial charge in [-0.3, -0.25) is 9.59 Å². The first kappa shape index (κ1) is 41.7. The molecule has 0 aliphatic heterocycles. The van der Waals surface area contributed by atoms with Gasteiger partial charge in [0.05, 0.1) is 0 Å². The zero-order valence-corrected chi connectivity index (χ0v) is 29.0. The van der Waals surface area contributed by atoms with Gasteiger partial charge in [-0.1, -0.05) is 161 Å². The predicted molar refractivity (Wildman–Crippen MR) is 186 cm³/mol. The van der Waals surface area contributed by atoms with Crippen molar-refractivity contribution in [1.29, 1.82) is 0 Å². The summed E-state index contributed by atoms with van der Waals surface area (Å²) in [6.07, 6.45) is 42.9. The third-order valence-corrected chi connectivity index (χ3v) is 8.72. The highest BCUT2D eigenvalue weighted by molar-refractivity contribution is 5.69. The van der Waals surface area contributed by atoms with E-state index in [1.165, 1.54) is 148 Å². The monoisotopic (exact) mass is 607 g/mol. The van der Waals surface area contributed by atoms with Gasteiger partial charge in [0.2, 0.25) is 0 Å². The van der Waals surface area contributed by atoms with Crippen molar-refractivity contribution in [2.45, 2.75) is 225 Å². The summed E-state index contributed by atoms with van der Waals surface area (Å²) < 4.78 is 5.87. The molecule has 43 heavy (non-hydrogen) atoms. The number of rotatable bonds is 35. The molecule has 1 N–H and O–H groups in total. The van der Waals surface area contributed by atoms with Gasteiger partial charge in [-0.2, -0.15) is 0 Å². The van der Waals surface area contributed by atoms with Gasteiger partial charge in [0.15, 0.2) is 0 Å². The molecule has 0 radical (unpaired) electrons. The Balaban J connectivity index is 3.52. The zero-order chi connectivity index (χ0) is 31.5. The molecule has 0 aromatic carbocycles. The lowest BCUT2D eigenvalue weighted by Gasteiger charge is -2.17. The molecule has 0 saturated heterocycles. The molecule has 0 heterocycles. The van der Waals surface area contributed by atoms with Crippen molar-refractivity contribution < 1.29 is 19.4 Å². The Morgan fingerprint density at radius 2 is 0.884 bits per heavy atom. The van der Waals surface area contributed by atoms with Crippen LogP contribution in [0.4, 0.5) is 0 Å². The lowest BCUT2D eigenvalue weighted by Crippen LogP contribution is -2.18. The fourth-order valence-corrected chi connectivity index (χ4v) is 5.94. The smallest absolute Gasteiger partial charge is 0.306 e. The third-order valence-electron chi connectivity index (χ3n) is 8.72. The van der Waals surface area contributed by atoms with Crippen LogP contribution in [0.1, 0.15) is 219 Å². The minimum Gasteiger partial charge on any atom is -0.481 e. The Morgan fingerprint density at radius 1 is 0.488 bits per heavy atom. The number of carbonyl (C=O) groups is 2. The fourth-order valence-electron chi connectivity index (χ4n) is 5.94. The average molecular weight is 607 g/mol. The summed E-state index contributed by atoms with van der Waals surface area (Å²) in [5, 5.41) is 8.65. The quantitative estimate of drug-likeness (QED) is 0.0443. The molecule has 4 nitrogen and oxygen atoms in total. The van der Waals surface area contributed by atoms with Crippen molar-refractivity contribution in [2.75, 3.05) is 0 Å². The molecule has 0 fully saturated rings. The molecule has 0 saturated carbocycles. The van der Waals surface area contributed by atoms with Crippen LogP contribution >= 0.6 is 0 Å². The van der Waals surface area contributed by atoms with Crippen molar-refractivity contribution in [2.24, 2.45) is 0 Å². The van der Waals surface area contributed by atoms with Gasteiger partial charge in [0.25, 0.3) is 0 Å². The molecule has 0 spiro atoms. The fraction of sp³-hybridized carbons (Fsp3) is 0.897. The highest BCUT2D eigenvalue weighted by Crippen LogP contribution is 2.17. The number of unbranched alkanes of at least 4 members (excludes halogenated alkanes) is 24. The molecule has 0 amide bonds. The second kappa shape index (κ2) is 35.2. The summed E-state index contributed by atoms with van der Waals surface area (Å²) in [6.45, 7) is 4.46. The van der Waals surface area contributed by atoms with E-state index >= 15 is 0 Å². The second-order valence-corrected chi connectivity index (χ2v) is 13.1. The summed E-state index contributed by atoms with van der Waals surface area (Å²) in [5.41, 5.74) is 0. The maximum absolute atomic E-state index is 12.4. The third kappa shape index (κ3) is 35.0. The molecular formula is C39H74O4. The molecule has 254 valence electrons. The number of ether oxygens (including phenoxy) is 1. The van der Waals surface area contributed by atoms with E-state index < -0.39 is 5.97 Å². The summed E-state index contributed by atoms with van der Waals surface area (Å²) in [6, 6.07) is 0. The van der Waals surface area contributed by atoms with Crippen LogP contribution in [0.3, 0.4) is 0 Å². The summed E-state index contributed by atoms with van der Waals surface area (Å²) in [7, 11) is 0. The highest BCUT2D eigenvalue weighted by Gasteiger charge is 2.13. The Kier molecular flexibility index (Phi) is 34.1. The van der Waals surface area contributed by atoms with Gasteiger partial charge < -0.3 is 9.84 Å². The molecule has 0 bridgehead atoms. The molecule has 0 aliphatic rings. The van der Waals surface area contributed by atoms with E-state index in [1.54, 1.807) is 0 Å². The van der Waals surface area contributed by atoms with Crippen LogP contribution in [0, 0.1) is 0 Å². The van der Waals surface area contributed by atoms with Crippen molar-refractivity contribution in [1.82, 2.24) is 0 Å². The zero-order valence-electron chi connectivity index (χ0n) is 29.0. The lowest BCUT2D eigenvalue weighted by molar-refractivity contribution is -0.150. The minimum atomic E-state index is -0.664. The molecule has 4 heteroatoms. The Hall–Kier alpha value is -1.32. The van der Waals surface area contributed by atoms with E-state index in [1.807, 2.05) is 0 Å². The minimum absolute atomic E-state index is 0.0262. The topological polar surface area (TPSA) is 63.6 Å². The number of carbonyl (C=O) groups excluding carboxylic acids is 1. The Morgan fingerprint density at radius 3 is 1.33 bits per heavy atom. The van der Waals surface area contributed by atoms with E-state index in [0.29, 0.717) is 12.8 Å². The summed E-state index contributed by atoms with van der Waals surface area (Å²) in [5.74, 6) is -0.638. The van der Waals surface area contributed by atoms with Crippen molar-refractivity contribution in [3.05, 3.63) is 12.2 Å². The van der Waals surface area contributed by atoms with Crippen LogP contribution in [-0.4, -0.2) is 23.1 Å². The van der Waals surface area contributed by atoms with Gasteiger partial charge in [0.1, 0.15) is 6.10 Å². The molecule has 0 aromatic heterocycles. The van der Waals surface area contributed by atoms with Crippen LogP contribution in [0.2, 0.25) is 0 Å². The Labute approximate surface area is 268 Å². The Bertz CT molecular complexity index is 614. The number of esters is 1. The normalized spacial score (nSPS) is 12.2. The van der Waals surface area contributed by atoms with E-state index in [4.69, 9.17) is 9.84 Å². The first-order chi connectivity index (χ1) is 21.1. The van der Waals surface area contributed by atoms with Crippen molar-refractivity contribution in [3.63, 3.8) is 0 Å². The van der Waals surface area contributed by atoms with Gasteiger partial charge in [-0.05, 0) is 57.8 Å². The molecule has 1 unspecified atom stereocenters. The maximum Gasteiger partial charge on any atom is 0.306 e. The van der Waals surface area contributed by atoms with E-state index in [9.17, 15) is 9.59 Å². The van der Waals surface area contributed by atoms with E-state index in [2.05, 4.69) is 26.0 Å². The standard InChI is InChI=1S/C39H74O4/c1-3-5-6-7-8-9-10-11-17-20-23-26-29-32-36-39(42)43-37(33-4-2)34-30-27-24-21-18-15-13-12-14-16-19-22-25-28-31-35-38(40)41/h9-10,37H,3-8,11-36H2,1-2H3,(H,40,41)/b10-9-. The van der Waals surface area contributed by atoms with Gasteiger partial charge >= 0.3 is 11.9 Å². The molecular weight excluding hydrogens is 532 g/mol. The van der Waals surface area contributed by atoms with E-state index in [-0.39, 0.29) is 12.1 Å². The largest absolute Gasteiger partial charge is 0.481 e. The predicted octanol–water partition coefficient (Wildman–Crippen LogP) is 13.1. The first-order valence-electron chi connectivity index (χ1n) is 19.2. The molecule has 1 atom stereocenters. The number of hydrogen-bond donors (Lipinski definition) is 1. The molecule has 0 rings (SSSR count). The van der Waals surface area contributed by atoms with E-state index in [0.717, 1.165) is 44.9 Å². The van der Waals surface area contributed by atoms with Crippen LogP contribution in [-0.2, 0) is 14.3 Å². The molecule has 0 aliphatic carbocycles. The summed E-state index contributed by atoms with van der Waals surface area (Å²) in [4.78, 5) is 22.9. The number of carboxylic acid groups (broad SMARTS) is 1. The maximum atomic E-state index is 12.4. The number of carboxylic acids is 1.